The molecule has 0 saturated heterocycles. The number of ether oxygens (including phenoxy) is 1. The second-order valence-electron chi connectivity index (χ2n) is 5.15. The molecule has 0 unspecified atom stereocenters. The Hall–Kier alpha value is -2.48. The monoisotopic (exact) mass is 333 g/mol. The van der Waals surface area contributed by atoms with E-state index in [0.717, 1.165) is 11.3 Å². The summed E-state index contributed by atoms with van der Waals surface area (Å²) in [4.78, 5) is 26.5. The molecule has 2 aromatic rings. The van der Waals surface area contributed by atoms with Crippen molar-refractivity contribution in [2.45, 2.75) is 19.4 Å². The summed E-state index contributed by atoms with van der Waals surface area (Å²) in [6.45, 7) is 2.46. The highest BCUT2D eigenvalue weighted by molar-refractivity contribution is 7.14. The van der Waals surface area contributed by atoms with Crippen molar-refractivity contribution in [3.05, 3.63) is 39.8 Å². The van der Waals surface area contributed by atoms with Crippen LogP contribution in [0.15, 0.2) is 29.6 Å². The third kappa shape index (κ3) is 3.31. The van der Waals surface area contributed by atoms with Crippen LogP contribution in [0.25, 0.3) is 11.3 Å². The quantitative estimate of drug-likeness (QED) is 0.648. The molecule has 120 valence electrons. The second kappa shape index (κ2) is 6.33. The van der Waals surface area contributed by atoms with E-state index >= 15 is 0 Å². The van der Waals surface area contributed by atoms with Gasteiger partial charge < -0.3 is 10.1 Å². The molecule has 23 heavy (non-hydrogen) atoms. The fourth-order valence-electron chi connectivity index (χ4n) is 2.31. The zero-order valence-electron chi connectivity index (χ0n) is 12.4. The average Bonchev–Trinajstić information content (AvgIpc) is 3.22. The minimum atomic E-state index is -0.756. The molecule has 0 radical (unpaired) electrons. The van der Waals surface area contributed by atoms with Gasteiger partial charge in [-0.25, -0.2) is 4.98 Å². The summed E-state index contributed by atoms with van der Waals surface area (Å²) in [6, 6.07) is 6.78. The van der Waals surface area contributed by atoms with Gasteiger partial charge in [0.2, 0.25) is 11.9 Å². The Kier molecular flexibility index (Phi) is 4.24. The smallest absolute Gasteiger partial charge is 0.236 e. The van der Waals surface area contributed by atoms with Crippen LogP contribution in [0.5, 0.6) is 5.75 Å². The molecule has 1 aromatic carbocycles. The largest absolute Gasteiger partial charge is 0.493 e. The average molecular weight is 333 g/mol. The number of carbonyl (C=O) groups is 1. The summed E-state index contributed by atoms with van der Waals surface area (Å²) in [5, 5.41) is 15.5. The fraction of sp³-hybridized carbons (Fsp3) is 0.333. The number of nitrogens with one attached hydrogen (secondary N) is 1. The zero-order valence-corrected chi connectivity index (χ0v) is 13.2. The minimum Gasteiger partial charge on any atom is -0.493 e. The van der Waals surface area contributed by atoms with Gasteiger partial charge >= 0.3 is 0 Å². The maximum Gasteiger partial charge on any atom is 0.236 e. The van der Waals surface area contributed by atoms with Crippen LogP contribution < -0.4 is 10.1 Å². The summed E-state index contributed by atoms with van der Waals surface area (Å²) in [5.74, 6) is -0.160. The Morgan fingerprint density at radius 3 is 3.00 bits per heavy atom. The van der Waals surface area contributed by atoms with E-state index in [0.29, 0.717) is 23.9 Å². The van der Waals surface area contributed by atoms with Crippen LogP contribution in [0.1, 0.15) is 13.3 Å². The summed E-state index contributed by atoms with van der Waals surface area (Å²) >= 11 is 1.29. The molecule has 8 heteroatoms. The van der Waals surface area contributed by atoms with Gasteiger partial charge in [-0.2, -0.15) is 0 Å². The highest BCUT2D eigenvalue weighted by Gasteiger charge is 2.53. The maximum absolute atomic E-state index is 11.9. The highest BCUT2D eigenvalue weighted by atomic mass is 32.1. The number of benzene rings is 1. The van der Waals surface area contributed by atoms with Crippen LogP contribution in [0, 0.1) is 16.0 Å². The Morgan fingerprint density at radius 1 is 1.52 bits per heavy atom. The summed E-state index contributed by atoms with van der Waals surface area (Å²) in [6.07, 6.45) is 0.296. The number of amides is 1. The molecule has 1 fully saturated rings. The topological polar surface area (TPSA) is 94.4 Å². The molecule has 1 aliphatic rings. The lowest BCUT2D eigenvalue weighted by molar-refractivity contribution is -0.497. The molecule has 1 heterocycles. The van der Waals surface area contributed by atoms with Gasteiger partial charge in [0.05, 0.1) is 12.3 Å². The fourth-order valence-corrected chi connectivity index (χ4v) is 3.02. The first kappa shape index (κ1) is 15.4. The summed E-state index contributed by atoms with van der Waals surface area (Å²) in [7, 11) is 0. The number of hydrogen-bond acceptors (Lipinski definition) is 6. The molecule has 0 aliphatic heterocycles. The Balaban J connectivity index is 1.72. The van der Waals surface area contributed by atoms with Gasteiger partial charge in [0.25, 0.3) is 0 Å². The van der Waals surface area contributed by atoms with Gasteiger partial charge in [0.15, 0.2) is 5.13 Å². The first-order chi connectivity index (χ1) is 11.1. The van der Waals surface area contributed by atoms with E-state index in [4.69, 9.17) is 4.74 Å². The van der Waals surface area contributed by atoms with Gasteiger partial charge in [-0.3, -0.25) is 14.9 Å². The van der Waals surface area contributed by atoms with Crippen LogP contribution in [0.3, 0.4) is 0 Å². The normalized spacial score (nSPS) is 19.2. The number of nitro groups is 1. The standard InChI is InChI=1S/C15H15N3O4S/c1-2-22-13-6-4-3-5-9(13)11-8-23-15(16-11)17-14(19)10-7-12(10)18(20)21/h3-6,8,10,12H,2,7H2,1H3,(H,16,17,19)/t10-,12-/m1/s1. The predicted molar refractivity (Wildman–Crippen MR) is 86.2 cm³/mol. The SMILES string of the molecule is CCOc1ccccc1-c1csc(NC(=O)[C@@H]2C[C@H]2[N+](=O)[O-])n1. The van der Waals surface area contributed by atoms with Crippen LogP contribution in [-0.2, 0) is 4.79 Å². The second-order valence-corrected chi connectivity index (χ2v) is 6.01. The summed E-state index contributed by atoms with van der Waals surface area (Å²) < 4.78 is 5.57. The molecular formula is C15H15N3O4S. The van der Waals surface area contributed by atoms with Gasteiger partial charge in [-0.15, -0.1) is 11.3 Å². The van der Waals surface area contributed by atoms with Gasteiger partial charge in [0, 0.05) is 22.3 Å². The van der Waals surface area contributed by atoms with E-state index in [-0.39, 0.29) is 5.91 Å². The first-order valence-corrected chi connectivity index (χ1v) is 8.10. The van der Waals surface area contributed by atoms with Crippen molar-refractivity contribution in [2.75, 3.05) is 11.9 Å². The molecule has 1 N–H and O–H groups in total. The molecule has 1 aromatic heterocycles. The van der Waals surface area contributed by atoms with E-state index in [1.165, 1.54) is 11.3 Å². The Bertz CT molecular complexity index is 746. The van der Waals surface area contributed by atoms with Crippen molar-refractivity contribution in [1.82, 2.24) is 4.98 Å². The van der Waals surface area contributed by atoms with Crippen LogP contribution >= 0.6 is 11.3 Å². The van der Waals surface area contributed by atoms with Gasteiger partial charge in [0.1, 0.15) is 11.7 Å². The van der Waals surface area contributed by atoms with Crippen LogP contribution in [-0.4, -0.2) is 28.5 Å². The van der Waals surface area contributed by atoms with E-state index in [1.807, 2.05) is 36.6 Å². The number of carbonyl (C=O) groups excluding carboxylic acids is 1. The lowest BCUT2D eigenvalue weighted by atomic mass is 10.1. The Labute approximate surface area is 136 Å². The molecule has 1 aliphatic carbocycles. The molecule has 1 amide bonds. The molecule has 3 rings (SSSR count). The molecule has 0 spiro atoms. The van der Waals surface area contributed by atoms with E-state index in [9.17, 15) is 14.9 Å². The number of rotatable bonds is 6. The molecule has 2 atom stereocenters. The number of hydrogen-bond donors (Lipinski definition) is 1. The van der Waals surface area contributed by atoms with Gasteiger partial charge in [-0.05, 0) is 19.1 Å². The lowest BCUT2D eigenvalue weighted by Crippen LogP contribution is -2.18. The maximum atomic E-state index is 11.9. The number of thiazole rings is 1. The highest BCUT2D eigenvalue weighted by Crippen LogP contribution is 2.36. The van der Waals surface area contributed by atoms with Crippen molar-refractivity contribution in [1.29, 1.82) is 0 Å². The first-order valence-electron chi connectivity index (χ1n) is 7.22. The molecule has 0 bridgehead atoms. The van der Waals surface area contributed by atoms with E-state index < -0.39 is 16.9 Å². The van der Waals surface area contributed by atoms with Crippen molar-refractivity contribution in [2.24, 2.45) is 5.92 Å². The lowest BCUT2D eigenvalue weighted by Gasteiger charge is -2.07. The third-order valence-electron chi connectivity index (χ3n) is 3.56. The summed E-state index contributed by atoms with van der Waals surface area (Å²) in [5.41, 5.74) is 1.55. The van der Waals surface area contributed by atoms with Crippen LogP contribution in [0.2, 0.25) is 0 Å². The third-order valence-corrected chi connectivity index (χ3v) is 4.32. The van der Waals surface area contributed by atoms with Crippen molar-refractivity contribution < 1.29 is 14.5 Å². The van der Waals surface area contributed by atoms with Gasteiger partial charge in [-0.1, -0.05) is 12.1 Å². The number of nitrogens with zero attached hydrogens (tertiary/aromatic N) is 2. The number of para-hydroxylation sites is 1. The van der Waals surface area contributed by atoms with Crippen molar-refractivity contribution >= 4 is 22.4 Å². The number of anilines is 1. The molecule has 7 nitrogen and oxygen atoms in total. The van der Waals surface area contributed by atoms with Crippen molar-refractivity contribution in [3.63, 3.8) is 0 Å². The number of aromatic nitrogens is 1. The van der Waals surface area contributed by atoms with E-state index in [1.54, 1.807) is 0 Å². The minimum absolute atomic E-state index is 0.296. The van der Waals surface area contributed by atoms with Crippen LogP contribution in [0.4, 0.5) is 5.13 Å². The van der Waals surface area contributed by atoms with Crippen molar-refractivity contribution in [3.8, 4) is 17.0 Å². The van der Waals surface area contributed by atoms with E-state index in [2.05, 4.69) is 10.3 Å². The molecular weight excluding hydrogens is 318 g/mol. The zero-order chi connectivity index (χ0) is 16.4. The molecule has 1 saturated carbocycles. The Morgan fingerprint density at radius 2 is 2.30 bits per heavy atom. The predicted octanol–water partition coefficient (Wildman–Crippen LogP) is 2.81.